The van der Waals surface area contributed by atoms with Gasteiger partial charge < -0.3 is 10.2 Å². The summed E-state index contributed by atoms with van der Waals surface area (Å²) in [5, 5.41) is 4.13. The third-order valence-corrected chi connectivity index (χ3v) is 7.86. The predicted octanol–water partition coefficient (Wildman–Crippen LogP) is 4.67. The van der Waals surface area contributed by atoms with Crippen molar-refractivity contribution in [1.82, 2.24) is 15.2 Å². The Morgan fingerprint density at radius 3 is 2.43 bits per heavy atom. The van der Waals surface area contributed by atoms with E-state index in [1.54, 1.807) is 0 Å². The van der Waals surface area contributed by atoms with Crippen LogP contribution in [-0.2, 0) is 4.79 Å². The van der Waals surface area contributed by atoms with Gasteiger partial charge in [0.25, 0.3) is 5.91 Å². The molecule has 1 N–H and O–H groups in total. The van der Waals surface area contributed by atoms with Crippen LogP contribution < -0.4 is 5.32 Å². The largest absolute Gasteiger partial charge is 0.353 e. The Balaban J connectivity index is 1.34. The Hall–Kier alpha value is -2.21. The maximum Gasteiger partial charge on any atom is 0.265 e. The Kier molecular flexibility index (Phi) is 6.52. The topological polar surface area (TPSA) is 62.3 Å². The van der Waals surface area contributed by atoms with Crippen molar-refractivity contribution in [3.63, 3.8) is 0 Å². The summed E-state index contributed by atoms with van der Waals surface area (Å²) in [6.45, 7) is 5.38. The standard InChI is InChI=1S/C24H31N3O2S/c1-16(22(28)26-20-10-6-7-11-20)18-12-14-27(15-13-18)24(29)21-17(2)25-23(30-21)19-8-4-3-5-9-19/h3-5,8-9,16,18,20H,6-7,10-15H2,1-2H3,(H,26,28). The van der Waals surface area contributed by atoms with Gasteiger partial charge in [-0.25, -0.2) is 4.98 Å². The normalized spacial score (nSPS) is 19.1. The highest BCUT2D eigenvalue weighted by Crippen LogP contribution is 2.31. The lowest BCUT2D eigenvalue weighted by Gasteiger charge is -2.34. The molecule has 0 spiro atoms. The van der Waals surface area contributed by atoms with E-state index in [2.05, 4.69) is 10.3 Å². The second-order valence-corrected chi connectivity index (χ2v) is 9.71. The first-order valence-corrected chi connectivity index (χ1v) is 12.0. The second-order valence-electron chi connectivity index (χ2n) is 8.71. The van der Waals surface area contributed by atoms with Crippen molar-refractivity contribution in [3.05, 3.63) is 40.9 Å². The van der Waals surface area contributed by atoms with Crippen LogP contribution in [0.15, 0.2) is 30.3 Å². The van der Waals surface area contributed by atoms with E-state index in [0.29, 0.717) is 25.0 Å². The zero-order valence-electron chi connectivity index (χ0n) is 17.9. The summed E-state index contributed by atoms with van der Waals surface area (Å²) in [6, 6.07) is 10.4. The van der Waals surface area contributed by atoms with Gasteiger partial charge in [0, 0.05) is 30.6 Å². The number of hydrogen-bond acceptors (Lipinski definition) is 4. The van der Waals surface area contributed by atoms with Gasteiger partial charge in [-0.05, 0) is 38.5 Å². The molecule has 1 atom stereocenters. The predicted molar refractivity (Wildman–Crippen MR) is 120 cm³/mol. The molecule has 4 rings (SSSR count). The molecule has 1 unspecified atom stereocenters. The Labute approximate surface area is 182 Å². The number of hydrogen-bond donors (Lipinski definition) is 1. The van der Waals surface area contributed by atoms with E-state index in [1.807, 2.05) is 49.1 Å². The lowest BCUT2D eigenvalue weighted by Crippen LogP contribution is -2.44. The average molecular weight is 426 g/mol. The molecule has 2 aliphatic rings. The van der Waals surface area contributed by atoms with Crippen LogP contribution in [0.25, 0.3) is 10.6 Å². The lowest BCUT2D eigenvalue weighted by atomic mass is 9.84. The van der Waals surface area contributed by atoms with Gasteiger partial charge >= 0.3 is 0 Å². The Bertz CT molecular complexity index is 881. The van der Waals surface area contributed by atoms with E-state index in [-0.39, 0.29) is 17.7 Å². The summed E-state index contributed by atoms with van der Waals surface area (Å²) < 4.78 is 0. The first-order chi connectivity index (χ1) is 14.5. The number of piperidine rings is 1. The fourth-order valence-electron chi connectivity index (χ4n) is 4.66. The molecule has 2 heterocycles. The van der Waals surface area contributed by atoms with Crippen molar-refractivity contribution in [3.8, 4) is 10.6 Å². The van der Waals surface area contributed by atoms with Crippen molar-refractivity contribution >= 4 is 23.2 Å². The minimum absolute atomic E-state index is 0.0117. The molecule has 2 aromatic rings. The molecule has 30 heavy (non-hydrogen) atoms. The van der Waals surface area contributed by atoms with Crippen molar-refractivity contribution in [2.75, 3.05) is 13.1 Å². The molecule has 1 saturated carbocycles. The van der Waals surface area contributed by atoms with Crippen LogP contribution >= 0.6 is 11.3 Å². The zero-order chi connectivity index (χ0) is 21.1. The number of aryl methyl sites for hydroxylation is 1. The fraction of sp³-hybridized carbons (Fsp3) is 0.542. The molecule has 0 radical (unpaired) electrons. The number of benzene rings is 1. The molecule has 6 heteroatoms. The number of aromatic nitrogens is 1. The van der Waals surface area contributed by atoms with Crippen molar-refractivity contribution < 1.29 is 9.59 Å². The molecular weight excluding hydrogens is 394 g/mol. The van der Waals surface area contributed by atoms with Gasteiger partial charge in [0.2, 0.25) is 5.91 Å². The van der Waals surface area contributed by atoms with Gasteiger partial charge in [-0.3, -0.25) is 9.59 Å². The zero-order valence-corrected chi connectivity index (χ0v) is 18.7. The third-order valence-electron chi connectivity index (χ3n) is 6.66. The molecule has 5 nitrogen and oxygen atoms in total. The summed E-state index contributed by atoms with van der Waals surface area (Å²) in [6.07, 6.45) is 6.45. The van der Waals surface area contributed by atoms with Crippen LogP contribution in [-0.4, -0.2) is 40.8 Å². The number of amides is 2. The molecule has 2 amide bonds. The monoisotopic (exact) mass is 425 g/mol. The third kappa shape index (κ3) is 4.59. The number of thiazole rings is 1. The van der Waals surface area contributed by atoms with Crippen molar-refractivity contribution in [2.24, 2.45) is 11.8 Å². The number of carbonyl (C=O) groups excluding carboxylic acids is 2. The highest BCUT2D eigenvalue weighted by molar-refractivity contribution is 7.17. The quantitative estimate of drug-likeness (QED) is 0.757. The van der Waals surface area contributed by atoms with Gasteiger partial charge in [-0.15, -0.1) is 11.3 Å². The Morgan fingerprint density at radius 2 is 1.77 bits per heavy atom. The van der Waals surface area contributed by atoms with Crippen LogP contribution in [0.5, 0.6) is 0 Å². The molecule has 2 fully saturated rings. The molecular formula is C24H31N3O2S. The number of nitrogens with one attached hydrogen (secondary N) is 1. The first-order valence-electron chi connectivity index (χ1n) is 11.2. The molecule has 1 aromatic heterocycles. The number of carbonyl (C=O) groups is 2. The summed E-state index contributed by atoms with van der Waals surface area (Å²) in [4.78, 5) is 33.0. The minimum Gasteiger partial charge on any atom is -0.353 e. The van der Waals surface area contributed by atoms with Gasteiger partial charge in [0.1, 0.15) is 9.88 Å². The van der Waals surface area contributed by atoms with E-state index < -0.39 is 0 Å². The molecule has 1 aliphatic heterocycles. The first kappa shape index (κ1) is 21.0. The Morgan fingerprint density at radius 1 is 1.10 bits per heavy atom. The maximum atomic E-state index is 13.1. The van der Waals surface area contributed by atoms with Crippen LogP contribution in [0.3, 0.4) is 0 Å². The summed E-state index contributed by atoms with van der Waals surface area (Å²) in [5.74, 6) is 0.627. The summed E-state index contributed by atoms with van der Waals surface area (Å²) >= 11 is 1.48. The van der Waals surface area contributed by atoms with Gasteiger partial charge in [0.15, 0.2) is 0 Å². The number of likely N-dealkylation sites (tertiary alicyclic amines) is 1. The molecule has 1 aromatic carbocycles. The van der Waals surface area contributed by atoms with Gasteiger partial charge in [-0.2, -0.15) is 0 Å². The van der Waals surface area contributed by atoms with Crippen LogP contribution in [0, 0.1) is 18.8 Å². The van der Waals surface area contributed by atoms with E-state index in [9.17, 15) is 9.59 Å². The molecule has 0 bridgehead atoms. The van der Waals surface area contributed by atoms with E-state index in [4.69, 9.17) is 0 Å². The molecule has 1 saturated heterocycles. The highest BCUT2D eigenvalue weighted by atomic mass is 32.1. The second kappa shape index (κ2) is 9.29. The van der Waals surface area contributed by atoms with Crippen molar-refractivity contribution in [2.45, 2.75) is 58.4 Å². The van der Waals surface area contributed by atoms with Gasteiger partial charge in [0.05, 0.1) is 5.69 Å². The summed E-state index contributed by atoms with van der Waals surface area (Å²) in [5.41, 5.74) is 1.85. The highest BCUT2D eigenvalue weighted by Gasteiger charge is 2.32. The van der Waals surface area contributed by atoms with E-state index >= 15 is 0 Å². The molecule has 160 valence electrons. The summed E-state index contributed by atoms with van der Waals surface area (Å²) in [7, 11) is 0. The average Bonchev–Trinajstić information content (AvgIpc) is 3.43. The SMILES string of the molecule is Cc1nc(-c2ccccc2)sc1C(=O)N1CCC(C(C)C(=O)NC2CCCC2)CC1. The van der Waals surface area contributed by atoms with Crippen molar-refractivity contribution in [1.29, 1.82) is 0 Å². The van der Waals surface area contributed by atoms with E-state index in [1.165, 1.54) is 24.2 Å². The van der Waals surface area contributed by atoms with Crippen LogP contribution in [0.4, 0.5) is 0 Å². The van der Waals surface area contributed by atoms with E-state index in [0.717, 1.165) is 46.8 Å². The smallest absolute Gasteiger partial charge is 0.265 e. The fourth-order valence-corrected chi connectivity index (χ4v) is 5.70. The van der Waals surface area contributed by atoms with Crippen LogP contribution in [0.1, 0.15) is 60.8 Å². The lowest BCUT2D eigenvalue weighted by molar-refractivity contribution is -0.127. The van der Waals surface area contributed by atoms with Gasteiger partial charge in [-0.1, -0.05) is 50.1 Å². The minimum atomic E-state index is 0.0117. The number of nitrogens with zero attached hydrogens (tertiary/aromatic N) is 2. The maximum absolute atomic E-state index is 13.1. The van der Waals surface area contributed by atoms with Crippen LogP contribution in [0.2, 0.25) is 0 Å². The number of rotatable bonds is 5. The molecule has 1 aliphatic carbocycles.